The van der Waals surface area contributed by atoms with Crippen molar-refractivity contribution in [3.63, 3.8) is 0 Å². The van der Waals surface area contributed by atoms with Crippen LogP contribution in [0.25, 0.3) is 22.8 Å². The summed E-state index contributed by atoms with van der Waals surface area (Å²) in [6.45, 7) is 5.64. The van der Waals surface area contributed by atoms with Crippen molar-refractivity contribution in [2.45, 2.75) is 33.2 Å². The second-order valence-corrected chi connectivity index (χ2v) is 6.37. The zero-order valence-corrected chi connectivity index (χ0v) is 15.4. The molecular formula is C20H21FN4O2. The highest BCUT2D eigenvalue weighted by Gasteiger charge is 2.12. The highest BCUT2D eigenvalue weighted by Crippen LogP contribution is 2.24. The first kappa shape index (κ1) is 18.6. The van der Waals surface area contributed by atoms with E-state index >= 15 is 0 Å². The van der Waals surface area contributed by atoms with Gasteiger partial charge < -0.3 is 15.2 Å². The fourth-order valence-corrected chi connectivity index (χ4v) is 2.38. The number of amides is 2. The summed E-state index contributed by atoms with van der Waals surface area (Å²) in [7, 11) is 0. The van der Waals surface area contributed by atoms with Crippen LogP contribution < -0.4 is 10.6 Å². The van der Waals surface area contributed by atoms with Crippen LogP contribution in [0.2, 0.25) is 0 Å². The van der Waals surface area contributed by atoms with Crippen LogP contribution in [-0.2, 0) is 0 Å². The number of carbonyl (C=O) groups is 1. The van der Waals surface area contributed by atoms with Gasteiger partial charge in [0.05, 0.1) is 0 Å². The zero-order valence-electron chi connectivity index (χ0n) is 15.4. The average Bonchev–Trinajstić information content (AvgIpc) is 3.14. The van der Waals surface area contributed by atoms with E-state index in [4.69, 9.17) is 4.52 Å². The standard InChI is InChI=1S/C20H21FN4O2/c1-4-13(3)22-20(26)23-16-9-7-14(8-10-16)18-24-19(27-25-18)15-6-5-12(2)17(21)11-15/h5-11,13H,4H2,1-3H3,(H2,22,23,26)/t13-/m1/s1. The smallest absolute Gasteiger partial charge is 0.319 e. The van der Waals surface area contributed by atoms with Crippen LogP contribution >= 0.6 is 0 Å². The van der Waals surface area contributed by atoms with Crippen LogP contribution in [0.3, 0.4) is 0 Å². The van der Waals surface area contributed by atoms with Gasteiger partial charge in [0, 0.05) is 22.9 Å². The van der Waals surface area contributed by atoms with E-state index in [0.717, 1.165) is 12.0 Å². The van der Waals surface area contributed by atoms with Crippen LogP contribution in [0, 0.1) is 12.7 Å². The number of aryl methyl sites for hydroxylation is 1. The van der Waals surface area contributed by atoms with Crippen molar-refractivity contribution >= 4 is 11.7 Å². The van der Waals surface area contributed by atoms with Gasteiger partial charge in [-0.05, 0) is 62.2 Å². The average molecular weight is 368 g/mol. The maximum Gasteiger partial charge on any atom is 0.319 e. The molecule has 1 heterocycles. The largest absolute Gasteiger partial charge is 0.335 e. The van der Waals surface area contributed by atoms with Crippen LogP contribution in [0.15, 0.2) is 47.0 Å². The lowest BCUT2D eigenvalue weighted by molar-refractivity contribution is 0.249. The van der Waals surface area contributed by atoms with Crippen LogP contribution in [0.1, 0.15) is 25.8 Å². The van der Waals surface area contributed by atoms with Crippen molar-refractivity contribution < 1.29 is 13.7 Å². The first-order valence-corrected chi connectivity index (χ1v) is 8.74. The number of carbonyl (C=O) groups excluding carboxylic acids is 1. The second kappa shape index (κ2) is 7.99. The van der Waals surface area contributed by atoms with Crippen molar-refractivity contribution in [2.75, 3.05) is 5.32 Å². The molecule has 7 heteroatoms. The summed E-state index contributed by atoms with van der Waals surface area (Å²) in [6, 6.07) is 11.7. The number of nitrogens with zero attached hydrogens (tertiary/aromatic N) is 2. The van der Waals surface area contributed by atoms with Gasteiger partial charge in [0.1, 0.15) is 5.82 Å². The molecule has 1 aromatic heterocycles. The van der Waals surface area contributed by atoms with Gasteiger partial charge in [-0.3, -0.25) is 0 Å². The highest BCUT2D eigenvalue weighted by atomic mass is 19.1. The molecule has 2 amide bonds. The molecule has 1 atom stereocenters. The van der Waals surface area contributed by atoms with Gasteiger partial charge >= 0.3 is 6.03 Å². The molecule has 140 valence electrons. The minimum Gasteiger partial charge on any atom is -0.335 e. The Hall–Kier alpha value is -3.22. The lowest BCUT2D eigenvalue weighted by Crippen LogP contribution is -2.35. The van der Waals surface area contributed by atoms with Gasteiger partial charge in [-0.2, -0.15) is 4.98 Å². The van der Waals surface area contributed by atoms with Crippen molar-refractivity contribution in [1.29, 1.82) is 0 Å². The Morgan fingerprint density at radius 3 is 2.56 bits per heavy atom. The molecule has 0 spiro atoms. The number of aromatic nitrogens is 2. The van der Waals surface area contributed by atoms with E-state index < -0.39 is 0 Å². The Balaban J connectivity index is 1.71. The van der Waals surface area contributed by atoms with E-state index in [0.29, 0.717) is 22.6 Å². The van der Waals surface area contributed by atoms with Crippen LogP contribution in [0.4, 0.5) is 14.9 Å². The summed E-state index contributed by atoms with van der Waals surface area (Å²) < 4.78 is 19.0. The fourth-order valence-electron chi connectivity index (χ4n) is 2.38. The molecule has 0 aliphatic heterocycles. The zero-order chi connectivity index (χ0) is 19.4. The number of hydrogen-bond acceptors (Lipinski definition) is 4. The van der Waals surface area contributed by atoms with Gasteiger partial charge in [0.25, 0.3) is 5.89 Å². The molecule has 0 saturated carbocycles. The Kier molecular flexibility index (Phi) is 5.49. The summed E-state index contributed by atoms with van der Waals surface area (Å²) in [6.07, 6.45) is 0.859. The van der Waals surface area contributed by atoms with Crippen molar-refractivity contribution in [2.24, 2.45) is 0 Å². The molecule has 0 unspecified atom stereocenters. The Morgan fingerprint density at radius 1 is 1.19 bits per heavy atom. The molecule has 0 bridgehead atoms. The van der Waals surface area contributed by atoms with Crippen LogP contribution in [0.5, 0.6) is 0 Å². The summed E-state index contributed by atoms with van der Waals surface area (Å²) >= 11 is 0. The number of urea groups is 1. The third kappa shape index (κ3) is 4.49. The number of halogens is 1. The predicted molar refractivity (Wildman–Crippen MR) is 102 cm³/mol. The summed E-state index contributed by atoms with van der Waals surface area (Å²) in [5.41, 5.74) is 2.46. The van der Waals surface area contributed by atoms with Gasteiger partial charge in [-0.25, -0.2) is 9.18 Å². The SMILES string of the molecule is CC[C@@H](C)NC(=O)Nc1ccc(-c2noc(-c3ccc(C)c(F)c3)n2)cc1. The molecule has 3 rings (SSSR count). The quantitative estimate of drug-likeness (QED) is 0.680. The second-order valence-electron chi connectivity index (χ2n) is 6.37. The normalized spacial score (nSPS) is 11.9. The maximum atomic E-state index is 13.7. The van der Waals surface area contributed by atoms with Gasteiger partial charge in [0.2, 0.25) is 5.82 Å². The molecule has 0 saturated heterocycles. The van der Waals surface area contributed by atoms with E-state index in [-0.39, 0.29) is 23.8 Å². The number of anilines is 1. The molecule has 0 fully saturated rings. The van der Waals surface area contributed by atoms with Gasteiger partial charge in [0.15, 0.2) is 0 Å². The van der Waals surface area contributed by atoms with Gasteiger partial charge in [-0.1, -0.05) is 18.1 Å². The molecular weight excluding hydrogens is 347 g/mol. The molecule has 3 aromatic rings. The molecule has 2 aromatic carbocycles. The molecule has 6 nitrogen and oxygen atoms in total. The minimum atomic E-state index is -0.321. The highest BCUT2D eigenvalue weighted by molar-refractivity contribution is 5.89. The Bertz CT molecular complexity index is 937. The predicted octanol–water partition coefficient (Wildman–Crippen LogP) is 4.77. The third-order valence-corrected chi connectivity index (χ3v) is 4.24. The maximum absolute atomic E-state index is 13.7. The van der Waals surface area contributed by atoms with Crippen molar-refractivity contribution in [1.82, 2.24) is 15.5 Å². The molecule has 27 heavy (non-hydrogen) atoms. The molecule has 0 aliphatic carbocycles. The van der Waals surface area contributed by atoms with E-state index in [9.17, 15) is 9.18 Å². The molecule has 0 aliphatic rings. The number of rotatable bonds is 5. The van der Waals surface area contributed by atoms with Crippen molar-refractivity contribution in [3.8, 4) is 22.8 Å². The third-order valence-electron chi connectivity index (χ3n) is 4.24. The topological polar surface area (TPSA) is 80.0 Å². The van der Waals surface area contributed by atoms with Crippen LogP contribution in [-0.4, -0.2) is 22.2 Å². The summed E-state index contributed by atoms with van der Waals surface area (Å²) in [5, 5.41) is 9.55. The summed E-state index contributed by atoms with van der Waals surface area (Å²) in [4.78, 5) is 16.2. The first-order chi connectivity index (χ1) is 13.0. The summed E-state index contributed by atoms with van der Waals surface area (Å²) in [5.74, 6) is 0.318. The number of benzene rings is 2. The lowest BCUT2D eigenvalue weighted by atomic mass is 10.1. The van der Waals surface area contributed by atoms with E-state index in [1.54, 1.807) is 43.3 Å². The van der Waals surface area contributed by atoms with E-state index in [2.05, 4.69) is 20.8 Å². The number of nitrogens with one attached hydrogen (secondary N) is 2. The monoisotopic (exact) mass is 368 g/mol. The molecule has 0 radical (unpaired) electrons. The van der Waals surface area contributed by atoms with E-state index in [1.165, 1.54) is 6.07 Å². The minimum absolute atomic E-state index is 0.105. The van der Waals surface area contributed by atoms with Gasteiger partial charge in [-0.15, -0.1) is 0 Å². The molecule has 2 N–H and O–H groups in total. The Labute approximate surface area is 156 Å². The fraction of sp³-hybridized carbons (Fsp3) is 0.250. The number of hydrogen-bond donors (Lipinski definition) is 2. The first-order valence-electron chi connectivity index (χ1n) is 8.74. The lowest BCUT2D eigenvalue weighted by Gasteiger charge is -2.12. The Morgan fingerprint density at radius 2 is 1.89 bits per heavy atom. The van der Waals surface area contributed by atoms with Crippen molar-refractivity contribution in [3.05, 3.63) is 53.8 Å². The van der Waals surface area contributed by atoms with E-state index in [1.807, 2.05) is 13.8 Å².